The number of carbonyl (C=O) groups is 1. The first kappa shape index (κ1) is 18.1. The second-order valence-corrected chi connectivity index (χ2v) is 8.03. The highest BCUT2D eigenvalue weighted by molar-refractivity contribution is 5.97. The summed E-state index contributed by atoms with van der Waals surface area (Å²) < 4.78 is 7.31. The number of aliphatic hydroxyl groups excluding tert-OH is 1. The molecule has 2 fully saturated rings. The third-order valence-corrected chi connectivity index (χ3v) is 6.82. The summed E-state index contributed by atoms with van der Waals surface area (Å²) >= 11 is 0. The van der Waals surface area contributed by atoms with Gasteiger partial charge < -0.3 is 19.3 Å². The third-order valence-electron chi connectivity index (χ3n) is 6.82. The van der Waals surface area contributed by atoms with E-state index in [-0.39, 0.29) is 17.4 Å². The number of carbonyl (C=O) groups excluding carboxylic acids is 1. The Bertz CT molecular complexity index is 845. The lowest BCUT2D eigenvalue weighted by Crippen LogP contribution is -2.53. The number of benzene rings is 1. The zero-order valence-corrected chi connectivity index (χ0v) is 16.4. The van der Waals surface area contributed by atoms with Crippen LogP contribution in [0.3, 0.4) is 0 Å². The topological polar surface area (TPSA) is 54.7 Å². The average molecular weight is 368 g/mol. The second kappa shape index (κ2) is 6.71. The Morgan fingerprint density at radius 3 is 2.37 bits per heavy atom. The Kier molecular flexibility index (Phi) is 4.50. The molecule has 1 amide bonds. The van der Waals surface area contributed by atoms with Crippen LogP contribution < -0.4 is 4.74 Å². The number of amides is 1. The number of nitrogens with zero attached hydrogens (tertiary/aromatic N) is 2. The number of hydrogen-bond donors (Lipinski definition) is 1. The molecule has 27 heavy (non-hydrogen) atoms. The summed E-state index contributed by atoms with van der Waals surface area (Å²) in [5, 5.41) is 10.1. The minimum absolute atomic E-state index is 0.0801. The van der Waals surface area contributed by atoms with E-state index in [1.807, 2.05) is 49.2 Å². The van der Waals surface area contributed by atoms with Gasteiger partial charge in [0.05, 0.1) is 18.8 Å². The fourth-order valence-electron chi connectivity index (χ4n) is 4.54. The number of piperidine rings is 1. The van der Waals surface area contributed by atoms with E-state index in [2.05, 4.69) is 4.57 Å². The van der Waals surface area contributed by atoms with Gasteiger partial charge in [0.1, 0.15) is 5.75 Å². The Morgan fingerprint density at radius 1 is 1.19 bits per heavy atom. The molecule has 1 atom stereocenters. The van der Waals surface area contributed by atoms with Gasteiger partial charge in [0, 0.05) is 31.5 Å². The predicted octanol–water partition coefficient (Wildman–Crippen LogP) is 3.39. The molecule has 1 aromatic heterocycles. The standard InChI is InChI=1S/C22H28N2O3/c1-15-18(14-19(23(15)2)16-4-6-17(27-3)7-5-16)21(26)24-12-10-22(11-13-24)9-8-20(22)25/h4-7,14,20,25H,8-13H2,1-3H3. The molecule has 1 N–H and O–H groups in total. The van der Waals surface area contributed by atoms with Crippen LogP contribution >= 0.6 is 0 Å². The van der Waals surface area contributed by atoms with Gasteiger partial charge in [-0.15, -0.1) is 0 Å². The molecule has 0 bridgehead atoms. The maximum absolute atomic E-state index is 13.1. The number of aromatic nitrogens is 1. The van der Waals surface area contributed by atoms with Crippen molar-refractivity contribution < 1.29 is 14.6 Å². The minimum atomic E-state index is -0.171. The molecule has 5 heteroatoms. The number of hydrogen-bond acceptors (Lipinski definition) is 3. The van der Waals surface area contributed by atoms with Crippen LogP contribution in [0.1, 0.15) is 41.7 Å². The maximum atomic E-state index is 13.1. The van der Waals surface area contributed by atoms with Crippen LogP contribution in [0.25, 0.3) is 11.3 Å². The van der Waals surface area contributed by atoms with Crippen molar-refractivity contribution in [2.75, 3.05) is 20.2 Å². The van der Waals surface area contributed by atoms with Crippen LogP contribution in [0.2, 0.25) is 0 Å². The average Bonchev–Trinajstić information content (AvgIpc) is 3.01. The van der Waals surface area contributed by atoms with Crippen LogP contribution in [0, 0.1) is 12.3 Å². The van der Waals surface area contributed by atoms with Crippen molar-refractivity contribution in [3.05, 3.63) is 41.6 Å². The van der Waals surface area contributed by atoms with E-state index >= 15 is 0 Å². The molecule has 144 valence electrons. The summed E-state index contributed by atoms with van der Waals surface area (Å²) in [6.07, 6.45) is 3.67. The van der Waals surface area contributed by atoms with Crippen LogP contribution in [0.5, 0.6) is 5.75 Å². The van der Waals surface area contributed by atoms with E-state index in [4.69, 9.17) is 4.74 Å². The van der Waals surface area contributed by atoms with E-state index in [1.165, 1.54) is 0 Å². The van der Waals surface area contributed by atoms with Crippen molar-refractivity contribution in [3.63, 3.8) is 0 Å². The van der Waals surface area contributed by atoms with Crippen LogP contribution in [-0.2, 0) is 7.05 Å². The molecule has 1 saturated carbocycles. The van der Waals surface area contributed by atoms with Gasteiger partial charge in [-0.2, -0.15) is 0 Å². The molecule has 5 nitrogen and oxygen atoms in total. The highest BCUT2D eigenvalue weighted by Crippen LogP contribution is 2.49. The first-order valence-electron chi connectivity index (χ1n) is 9.73. The molecule has 1 spiro atoms. The van der Waals surface area contributed by atoms with E-state index in [9.17, 15) is 9.90 Å². The van der Waals surface area contributed by atoms with Gasteiger partial charge in [-0.25, -0.2) is 0 Å². The number of rotatable bonds is 3. The summed E-state index contributed by atoms with van der Waals surface area (Å²) in [5.41, 5.74) is 3.93. The van der Waals surface area contributed by atoms with Gasteiger partial charge in [0.15, 0.2) is 0 Å². The number of ether oxygens (including phenoxy) is 1. The van der Waals surface area contributed by atoms with E-state index in [1.54, 1.807) is 7.11 Å². The first-order valence-corrected chi connectivity index (χ1v) is 9.73. The summed E-state index contributed by atoms with van der Waals surface area (Å²) in [4.78, 5) is 15.1. The molecule has 1 aliphatic carbocycles. The van der Waals surface area contributed by atoms with Crippen LogP contribution in [0.15, 0.2) is 30.3 Å². The molecule has 1 saturated heterocycles. The van der Waals surface area contributed by atoms with Gasteiger partial charge in [0.2, 0.25) is 0 Å². The highest BCUT2D eigenvalue weighted by Gasteiger charge is 2.47. The summed E-state index contributed by atoms with van der Waals surface area (Å²) in [5.74, 6) is 0.924. The van der Waals surface area contributed by atoms with Crippen molar-refractivity contribution in [2.45, 2.75) is 38.7 Å². The normalized spacial score (nSPS) is 21.2. The second-order valence-electron chi connectivity index (χ2n) is 8.03. The largest absolute Gasteiger partial charge is 0.497 e. The maximum Gasteiger partial charge on any atom is 0.255 e. The zero-order chi connectivity index (χ0) is 19.2. The van der Waals surface area contributed by atoms with Crippen LogP contribution in [-0.4, -0.2) is 46.8 Å². The fraction of sp³-hybridized carbons (Fsp3) is 0.500. The van der Waals surface area contributed by atoms with Crippen LogP contribution in [0.4, 0.5) is 0 Å². The quantitative estimate of drug-likeness (QED) is 0.904. The summed E-state index contributed by atoms with van der Waals surface area (Å²) in [7, 11) is 3.66. The first-order chi connectivity index (χ1) is 12.9. The van der Waals surface area contributed by atoms with Gasteiger partial charge in [-0.1, -0.05) is 0 Å². The van der Waals surface area contributed by atoms with Crippen molar-refractivity contribution >= 4 is 5.91 Å². The molecule has 0 radical (unpaired) electrons. The molecule has 2 heterocycles. The molecular formula is C22H28N2O3. The smallest absolute Gasteiger partial charge is 0.255 e. The minimum Gasteiger partial charge on any atom is -0.497 e. The Morgan fingerprint density at radius 2 is 1.85 bits per heavy atom. The van der Waals surface area contributed by atoms with E-state index < -0.39 is 0 Å². The van der Waals surface area contributed by atoms with Crippen molar-refractivity contribution in [2.24, 2.45) is 12.5 Å². The molecule has 4 rings (SSSR count). The molecule has 2 aliphatic rings. The summed E-state index contributed by atoms with van der Waals surface area (Å²) in [6.45, 7) is 3.48. The van der Waals surface area contributed by atoms with Crippen molar-refractivity contribution in [1.29, 1.82) is 0 Å². The highest BCUT2D eigenvalue weighted by atomic mass is 16.5. The Labute approximate surface area is 160 Å². The molecule has 1 aliphatic heterocycles. The van der Waals surface area contributed by atoms with Gasteiger partial charge in [-0.3, -0.25) is 4.79 Å². The van der Waals surface area contributed by atoms with E-state index in [0.29, 0.717) is 0 Å². The lowest BCUT2D eigenvalue weighted by atomic mass is 9.61. The zero-order valence-electron chi connectivity index (χ0n) is 16.4. The molecule has 1 unspecified atom stereocenters. The van der Waals surface area contributed by atoms with Crippen molar-refractivity contribution in [3.8, 4) is 17.0 Å². The third kappa shape index (κ3) is 2.94. The van der Waals surface area contributed by atoms with Gasteiger partial charge in [-0.05, 0) is 73.9 Å². The molecule has 1 aromatic carbocycles. The van der Waals surface area contributed by atoms with E-state index in [0.717, 1.165) is 67.0 Å². The lowest BCUT2D eigenvalue weighted by Gasteiger charge is -2.51. The lowest BCUT2D eigenvalue weighted by molar-refractivity contribution is -0.0952. The molecule has 2 aromatic rings. The predicted molar refractivity (Wildman–Crippen MR) is 105 cm³/mol. The van der Waals surface area contributed by atoms with Crippen molar-refractivity contribution in [1.82, 2.24) is 9.47 Å². The Balaban J connectivity index is 1.54. The fourth-order valence-corrected chi connectivity index (χ4v) is 4.54. The Hall–Kier alpha value is -2.27. The number of methoxy groups -OCH3 is 1. The number of likely N-dealkylation sites (tertiary alicyclic amines) is 1. The SMILES string of the molecule is COc1ccc(-c2cc(C(=O)N3CCC4(CCC4O)CC3)c(C)n2C)cc1. The molecular weight excluding hydrogens is 340 g/mol. The number of aliphatic hydroxyl groups is 1. The summed E-state index contributed by atoms with van der Waals surface area (Å²) in [6, 6.07) is 9.91. The van der Waals surface area contributed by atoms with Gasteiger partial charge in [0.25, 0.3) is 5.91 Å². The van der Waals surface area contributed by atoms with Gasteiger partial charge >= 0.3 is 0 Å². The monoisotopic (exact) mass is 368 g/mol.